The Kier molecular flexibility index (Phi) is 9.13. The predicted octanol–water partition coefficient (Wildman–Crippen LogP) is 3.68. The summed E-state index contributed by atoms with van der Waals surface area (Å²) < 4.78 is 0. The molecule has 2 saturated heterocycles. The molecule has 7 nitrogen and oxygen atoms in total. The predicted molar refractivity (Wildman–Crippen MR) is 141 cm³/mol. The van der Waals surface area contributed by atoms with Gasteiger partial charge in [0.2, 0.25) is 5.91 Å². The zero-order valence-electron chi connectivity index (χ0n) is 18.7. The molecule has 0 spiro atoms. The summed E-state index contributed by atoms with van der Waals surface area (Å²) in [5.41, 5.74) is 3.23. The van der Waals surface area contributed by atoms with Crippen molar-refractivity contribution in [1.29, 1.82) is 0 Å². The Morgan fingerprint density at radius 2 is 1.75 bits per heavy atom. The normalized spacial score (nSPS) is 16.3. The molecule has 0 aliphatic carbocycles. The van der Waals surface area contributed by atoms with Gasteiger partial charge in [-0.1, -0.05) is 18.2 Å². The molecule has 4 rings (SSSR count). The SMILES string of the molecule is CCNC(=NCc1ccc(N2CCCC2)nc1)NCc1ccc(N2CCCC2=O)cc1.I. The van der Waals surface area contributed by atoms with Gasteiger partial charge in [0.1, 0.15) is 5.82 Å². The summed E-state index contributed by atoms with van der Waals surface area (Å²) in [6.07, 6.45) is 6.04. The number of pyridine rings is 1. The van der Waals surface area contributed by atoms with Gasteiger partial charge >= 0.3 is 0 Å². The Morgan fingerprint density at radius 3 is 2.38 bits per heavy atom. The van der Waals surface area contributed by atoms with Crippen molar-refractivity contribution in [3.8, 4) is 0 Å². The van der Waals surface area contributed by atoms with Gasteiger partial charge in [0.25, 0.3) is 0 Å². The monoisotopic (exact) mass is 548 g/mol. The van der Waals surface area contributed by atoms with Crippen LogP contribution in [0.5, 0.6) is 0 Å². The van der Waals surface area contributed by atoms with Crippen LogP contribution in [-0.2, 0) is 17.9 Å². The van der Waals surface area contributed by atoms with Crippen LogP contribution >= 0.6 is 24.0 Å². The first-order valence-corrected chi connectivity index (χ1v) is 11.3. The van der Waals surface area contributed by atoms with E-state index in [-0.39, 0.29) is 29.9 Å². The molecule has 0 saturated carbocycles. The Bertz CT molecular complexity index is 894. The van der Waals surface area contributed by atoms with Crippen LogP contribution in [0.3, 0.4) is 0 Å². The number of halogens is 1. The fourth-order valence-electron chi connectivity index (χ4n) is 4.06. The smallest absolute Gasteiger partial charge is 0.227 e. The van der Waals surface area contributed by atoms with E-state index < -0.39 is 0 Å². The lowest BCUT2D eigenvalue weighted by Gasteiger charge is -2.17. The van der Waals surface area contributed by atoms with E-state index in [0.29, 0.717) is 19.5 Å². The van der Waals surface area contributed by atoms with Crippen molar-refractivity contribution in [2.45, 2.75) is 45.7 Å². The molecule has 2 N–H and O–H groups in total. The summed E-state index contributed by atoms with van der Waals surface area (Å²) in [7, 11) is 0. The van der Waals surface area contributed by atoms with Crippen molar-refractivity contribution < 1.29 is 4.79 Å². The molecule has 8 heteroatoms. The molecule has 2 aliphatic rings. The van der Waals surface area contributed by atoms with Gasteiger partial charge < -0.3 is 20.4 Å². The number of hydrogen-bond acceptors (Lipinski definition) is 4. The highest BCUT2D eigenvalue weighted by Crippen LogP contribution is 2.21. The van der Waals surface area contributed by atoms with Gasteiger partial charge in [-0.3, -0.25) is 4.79 Å². The van der Waals surface area contributed by atoms with Crippen molar-refractivity contribution in [1.82, 2.24) is 15.6 Å². The minimum atomic E-state index is 0. The van der Waals surface area contributed by atoms with Crippen LogP contribution in [0.15, 0.2) is 47.6 Å². The Hall–Kier alpha value is -2.36. The molecule has 172 valence electrons. The van der Waals surface area contributed by atoms with Crippen LogP contribution in [0.4, 0.5) is 11.5 Å². The van der Waals surface area contributed by atoms with E-state index in [0.717, 1.165) is 61.2 Å². The summed E-state index contributed by atoms with van der Waals surface area (Å²) in [6, 6.07) is 12.4. The largest absolute Gasteiger partial charge is 0.357 e. The summed E-state index contributed by atoms with van der Waals surface area (Å²) in [4.78, 5) is 25.4. The molecule has 2 fully saturated rings. The van der Waals surface area contributed by atoms with E-state index in [1.54, 1.807) is 0 Å². The van der Waals surface area contributed by atoms with Crippen molar-refractivity contribution in [2.75, 3.05) is 36.0 Å². The van der Waals surface area contributed by atoms with Crippen molar-refractivity contribution in [3.05, 3.63) is 53.7 Å². The van der Waals surface area contributed by atoms with E-state index >= 15 is 0 Å². The fraction of sp³-hybridized carbons (Fsp3) is 0.458. The Morgan fingerprint density at radius 1 is 1.00 bits per heavy atom. The maximum atomic E-state index is 11.9. The maximum Gasteiger partial charge on any atom is 0.227 e. The second kappa shape index (κ2) is 12.0. The highest BCUT2D eigenvalue weighted by atomic mass is 127. The first-order chi connectivity index (χ1) is 15.2. The van der Waals surface area contributed by atoms with Crippen LogP contribution in [0.2, 0.25) is 0 Å². The number of guanidine groups is 1. The van der Waals surface area contributed by atoms with E-state index in [9.17, 15) is 4.79 Å². The number of hydrogen-bond donors (Lipinski definition) is 2. The van der Waals surface area contributed by atoms with Gasteiger partial charge in [-0.15, -0.1) is 24.0 Å². The molecule has 2 aromatic rings. The molecule has 3 heterocycles. The number of amides is 1. The quantitative estimate of drug-likeness (QED) is 0.314. The molecule has 0 unspecified atom stereocenters. The zero-order chi connectivity index (χ0) is 21.5. The van der Waals surface area contributed by atoms with Gasteiger partial charge in [-0.25, -0.2) is 9.98 Å². The third-order valence-electron chi connectivity index (χ3n) is 5.78. The summed E-state index contributed by atoms with van der Waals surface area (Å²) in [5, 5.41) is 6.69. The molecular weight excluding hydrogens is 515 g/mol. The zero-order valence-corrected chi connectivity index (χ0v) is 21.0. The molecule has 1 aromatic heterocycles. The second-order valence-electron chi connectivity index (χ2n) is 8.08. The third-order valence-corrected chi connectivity index (χ3v) is 5.78. The molecule has 0 atom stereocenters. The lowest BCUT2D eigenvalue weighted by atomic mass is 10.2. The number of rotatable bonds is 7. The molecule has 32 heavy (non-hydrogen) atoms. The van der Waals surface area contributed by atoms with Gasteiger partial charge in [-0.05, 0) is 55.5 Å². The number of aromatic nitrogens is 1. The third kappa shape index (κ3) is 6.34. The van der Waals surface area contributed by atoms with Crippen LogP contribution in [0.1, 0.15) is 43.7 Å². The summed E-state index contributed by atoms with van der Waals surface area (Å²) in [6.45, 7) is 7.15. The highest BCUT2D eigenvalue weighted by molar-refractivity contribution is 14.0. The highest BCUT2D eigenvalue weighted by Gasteiger charge is 2.21. The minimum Gasteiger partial charge on any atom is -0.357 e. The number of benzene rings is 1. The number of anilines is 2. The number of carbonyl (C=O) groups excluding carboxylic acids is 1. The topological polar surface area (TPSA) is 72.9 Å². The molecule has 0 radical (unpaired) electrons. The Labute approximate surface area is 207 Å². The number of carbonyl (C=O) groups is 1. The standard InChI is InChI=1S/C24H32N6O.HI/c1-2-25-24(28-18-20-9-12-22(26-17-20)29-13-3-4-14-29)27-16-19-7-10-21(11-8-19)30-15-5-6-23(30)31;/h7-12,17H,2-6,13-16,18H2,1H3,(H2,25,27,28);1H. The van der Waals surface area contributed by atoms with E-state index in [2.05, 4.69) is 51.7 Å². The number of nitrogens with zero attached hydrogens (tertiary/aromatic N) is 4. The molecule has 2 aliphatic heterocycles. The van der Waals surface area contributed by atoms with E-state index in [1.165, 1.54) is 12.8 Å². The average Bonchev–Trinajstić information content (AvgIpc) is 3.49. The average molecular weight is 548 g/mol. The van der Waals surface area contributed by atoms with Gasteiger partial charge in [0.15, 0.2) is 5.96 Å². The summed E-state index contributed by atoms with van der Waals surface area (Å²) >= 11 is 0. The lowest BCUT2D eigenvalue weighted by Crippen LogP contribution is -2.36. The molecule has 0 bridgehead atoms. The molecular formula is C24H33IN6O. The van der Waals surface area contributed by atoms with Crippen molar-refractivity contribution in [3.63, 3.8) is 0 Å². The van der Waals surface area contributed by atoms with Crippen LogP contribution < -0.4 is 20.4 Å². The molecule has 1 aromatic carbocycles. The van der Waals surface area contributed by atoms with Crippen LogP contribution in [0.25, 0.3) is 0 Å². The second-order valence-corrected chi connectivity index (χ2v) is 8.08. The van der Waals surface area contributed by atoms with E-state index in [4.69, 9.17) is 4.99 Å². The van der Waals surface area contributed by atoms with Gasteiger partial charge in [0.05, 0.1) is 6.54 Å². The maximum absolute atomic E-state index is 11.9. The lowest BCUT2D eigenvalue weighted by molar-refractivity contribution is -0.117. The minimum absolute atomic E-state index is 0. The number of nitrogens with one attached hydrogen (secondary N) is 2. The van der Waals surface area contributed by atoms with Crippen LogP contribution in [-0.4, -0.2) is 43.0 Å². The van der Waals surface area contributed by atoms with E-state index in [1.807, 2.05) is 23.2 Å². The van der Waals surface area contributed by atoms with Crippen LogP contribution in [0, 0.1) is 0 Å². The summed E-state index contributed by atoms with van der Waals surface area (Å²) in [5.74, 6) is 2.06. The number of aliphatic imine (C=N–C) groups is 1. The first-order valence-electron chi connectivity index (χ1n) is 11.3. The Balaban J connectivity index is 0.00000289. The fourth-order valence-corrected chi connectivity index (χ4v) is 4.06. The molecule has 1 amide bonds. The van der Waals surface area contributed by atoms with Gasteiger partial charge in [0, 0.05) is 51.0 Å². The van der Waals surface area contributed by atoms with Crippen molar-refractivity contribution >= 4 is 47.3 Å². The first kappa shape index (κ1) is 24.3. The van der Waals surface area contributed by atoms with Gasteiger partial charge in [-0.2, -0.15) is 0 Å². The van der Waals surface area contributed by atoms with Crippen molar-refractivity contribution in [2.24, 2.45) is 4.99 Å².